The largest absolute Gasteiger partial charge is 0.355 e. The Morgan fingerprint density at radius 3 is 2.72 bits per heavy atom. The van der Waals surface area contributed by atoms with E-state index in [4.69, 9.17) is 16.1 Å². The average molecular weight is 385 g/mol. The molecule has 6 nitrogen and oxygen atoms in total. The van der Waals surface area contributed by atoms with Crippen molar-refractivity contribution in [1.29, 1.82) is 0 Å². The van der Waals surface area contributed by atoms with Crippen LogP contribution in [-0.4, -0.2) is 55.2 Å². The molecule has 0 aliphatic carbocycles. The summed E-state index contributed by atoms with van der Waals surface area (Å²) in [4.78, 5) is 14.5. The van der Waals surface area contributed by atoms with E-state index in [9.17, 15) is 4.79 Å². The third-order valence-corrected chi connectivity index (χ3v) is 4.27. The summed E-state index contributed by atoms with van der Waals surface area (Å²) < 4.78 is 5.24. The fourth-order valence-electron chi connectivity index (χ4n) is 2.66. The molecule has 0 bridgehead atoms. The molecule has 2 aromatic rings. The Kier molecular flexibility index (Phi) is 7.71. The molecule has 2 N–H and O–H groups in total. The number of amides is 1. The lowest BCUT2D eigenvalue weighted by Crippen LogP contribution is -2.44. The summed E-state index contributed by atoms with van der Waals surface area (Å²) in [5.74, 6) is 0.344. The summed E-state index contributed by atoms with van der Waals surface area (Å²) in [5.41, 5.74) is 1.13. The molecule has 2 heterocycles. The van der Waals surface area contributed by atoms with E-state index in [-0.39, 0.29) is 18.3 Å². The first-order valence-electron chi connectivity index (χ1n) is 8.16. The van der Waals surface area contributed by atoms with E-state index >= 15 is 0 Å². The first kappa shape index (κ1) is 19.7. The van der Waals surface area contributed by atoms with Crippen LogP contribution in [0.2, 0.25) is 5.02 Å². The molecule has 1 aromatic carbocycles. The van der Waals surface area contributed by atoms with Gasteiger partial charge in [0.05, 0.1) is 0 Å². The number of nitrogens with one attached hydrogen (secondary N) is 2. The van der Waals surface area contributed by atoms with Crippen LogP contribution in [0, 0.1) is 0 Å². The van der Waals surface area contributed by atoms with Crippen LogP contribution in [0.4, 0.5) is 0 Å². The van der Waals surface area contributed by atoms with Gasteiger partial charge in [-0.2, -0.15) is 0 Å². The van der Waals surface area contributed by atoms with E-state index in [1.807, 2.05) is 12.1 Å². The second-order valence-electron chi connectivity index (χ2n) is 5.78. The third-order valence-electron chi connectivity index (χ3n) is 4.02. The zero-order chi connectivity index (χ0) is 16.8. The number of piperazine rings is 1. The number of carbonyl (C=O) groups excluding carboxylic acids is 1. The molecular formula is C17H22Cl2N4O2. The molecule has 1 aliphatic rings. The Hall–Kier alpha value is -1.60. The Morgan fingerprint density at radius 1 is 1.28 bits per heavy atom. The van der Waals surface area contributed by atoms with E-state index in [2.05, 4.69) is 20.7 Å². The van der Waals surface area contributed by atoms with Gasteiger partial charge in [-0.3, -0.25) is 4.79 Å². The minimum absolute atomic E-state index is 0. The predicted molar refractivity (Wildman–Crippen MR) is 100 cm³/mol. The third kappa shape index (κ3) is 5.71. The minimum Gasteiger partial charge on any atom is -0.355 e. The van der Waals surface area contributed by atoms with Gasteiger partial charge in [-0.25, -0.2) is 0 Å². The number of carbonyl (C=O) groups is 1. The van der Waals surface area contributed by atoms with Gasteiger partial charge in [-0.1, -0.05) is 16.8 Å². The summed E-state index contributed by atoms with van der Waals surface area (Å²) in [6.07, 6.45) is 0.924. The Bertz CT molecular complexity index is 670. The van der Waals surface area contributed by atoms with Gasteiger partial charge in [-0.05, 0) is 37.2 Å². The van der Waals surface area contributed by atoms with Crippen molar-refractivity contribution in [3.05, 3.63) is 41.0 Å². The Labute approximate surface area is 158 Å². The van der Waals surface area contributed by atoms with E-state index in [0.717, 1.165) is 44.7 Å². The number of aromatic nitrogens is 1. The first-order chi connectivity index (χ1) is 11.7. The van der Waals surface area contributed by atoms with Crippen LogP contribution in [0.1, 0.15) is 16.9 Å². The molecule has 0 radical (unpaired) electrons. The molecule has 0 unspecified atom stereocenters. The van der Waals surface area contributed by atoms with Crippen molar-refractivity contribution in [1.82, 2.24) is 20.7 Å². The summed E-state index contributed by atoms with van der Waals surface area (Å²) in [6.45, 7) is 5.85. The average Bonchev–Trinajstić information content (AvgIpc) is 3.10. The fourth-order valence-corrected chi connectivity index (χ4v) is 2.79. The number of hydrogen-bond donors (Lipinski definition) is 2. The summed E-state index contributed by atoms with van der Waals surface area (Å²) in [6, 6.07) is 8.86. The second-order valence-corrected chi connectivity index (χ2v) is 6.22. The topological polar surface area (TPSA) is 70.4 Å². The van der Waals surface area contributed by atoms with Gasteiger partial charge in [0.25, 0.3) is 5.91 Å². The summed E-state index contributed by atoms with van der Waals surface area (Å²) in [5, 5.41) is 10.7. The maximum Gasteiger partial charge on any atom is 0.273 e. The van der Waals surface area contributed by atoms with Gasteiger partial charge in [0.2, 0.25) is 0 Å². The molecule has 0 spiro atoms. The zero-order valence-electron chi connectivity index (χ0n) is 13.8. The molecular weight excluding hydrogens is 363 g/mol. The molecule has 8 heteroatoms. The van der Waals surface area contributed by atoms with E-state index < -0.39 is 0 Å². The van der Waals surface area contributed by atoms with Crippen LogP contribution in [0.3, 0.4) is 0 Å². The van der Waals surface area contributed by atoms with Crippen molar-refractivity contribution < 1.29 is 9.32 Å². The highest BCUT2D eigenvalue weighted by atomic mass is 35.5. The molecule has 1 aromatic heterocycles. The number of nitrogens with zero attached hydrogens (tertiary/aromatic N) is 2. The number of halogens is 2. The molecule has 1 fully saturated rings. The molecule has 1 aliphatic heterocycles. The molecule has 0 atom stereocenters. The van der Waals surface area contributed by atoms with E-state index in [1.165, 1.54) is 0 Å². The van der Waals surface area contributed by atoms with Crippen molar-refractivity contribution in [3.8, 4) is 11.3 Å². The van der Waals surface area contributed by atoms with Crippen molar-refractivity contribution in [2.75, 3.05) is 39.3 Å². The quantitative estimate of drug-likeness (QED) is 0.748. The lowest BCUT2D eigenvalue weighted by atomic mass is 10.1. The number of rotatable bonds is 6. The van der Waals surface area contributed by atoms with Crippen LogP contribution in [0.25, 0.3) is 11.3 Å². The highest BCUT2D eigenvalue weighted by Crippen LogP contribution is 2.22. The first-order valence-corrected chi connectivity index (χ1v) is 8.54. The van der Waals surface area contributed by atoms with E-state index in [0.29, 0.717) is 23.0 Å². The summed E-state index contributed by atoms with van der Waals surface area (Å²) >= 11 is 5.86. The maximum atomic E-state index is 12.1. The van der Waals surface area contributed by atoms with Crippen LogP contribution in [-0.2, 0) is 0 Å². The SMILES string of the molecule is Cl.O=C(NCCCN1CCNCC1)c1cc(-c2ccc(Cl)cc2)on1. The molecule has 0 saturated carbocycles. The number of hydrogen-bond acceptors (Lipinski definition) is 5. The molecule has 25 heavy (non-hydrogen) atoms. The van der Waals surface area contributed by atoms with E-state index in [1.54, 1.807) is 18.2 Å². The Balaban J connectivity index is 0.00000225. The minimum atomic E-state index is -0.209. The Morgan fingerprint density at radius 2 is 2.00 bits per heavy atom. The molecule has 136 valence electrons. The smallest absolute Gasteiger partial charge is 0.273 e. The standard InChI is InChI=1S/C17H21ClN4O2.ClH/c18-14-4-2-13(3-5-14)16-12-15(21-24-16)17(23)20-6-1-9-22-10-7-19-8-11-22;/h2-5,12,19H,1,6-11H2,(H,20,23);1H. The molecule has 1 amide bonds. The highest BCUT2D eigenvalue weighted by molar-refractivity contribution is 6.30. The van der Waals surface area contributed by atoms with Gasteiger partial charge in [0.15, 0.2) is 11.5 Å². The van der Waals surface area contributed by atoms with Crippen molar-refractivity contribution in [2.24, 2.45) is 0 Å². The summed E-state index contributed by atoms with van der Waals surface area (Å²) in [7, 11) is 0. The fraction of sp³-hybridized carbons (Fsp3) is 0.412. The highest BCUT2D eigenvalue weighted by Gasteiger charge is 2.14. The van der Waals surface area contributed by atoms with Crippen LogP contribution < -0.4 is 10.6 Å². The molecule has 3 rings (SSSR count). The lowest BCUT2D eigenvalue weighted by Gasteiger charge is -2.26. The van der Waals surface area contributed by atoms with Gasteiger partial charge in [-0.15, -0.1) is 12.4 Å². The van der Waals surface area contributed by atoms with Crippen molar-refractivity contribution in [3.63, 3.8) is 0 Å². The van der Waals surface area contributed by atoms with Crippen LogP contribution in [0.15, 0.2) is 34.9 Å². The van der Waals surface area contributed by atoms with Crippen molar-refractivity contribution in [2.45, 2.75) is 6.42 Å². The van der Waals surface area contributed by atoms with Crippen molar-refractivity contribution >= 4 is 29.9 Å². The van der Waals surface area contributed by atoms with Gasteiger partial charge in [0, 0.05) is 49.4 Å². The molecule has 1 saturated heterocycles. The normalized spacial score (nSPS) is 14.8. The number of benzene rings is 1. The van der Waals surface area contributed by atoms with Gasteiger partial charge < -0.3 is 20.1 Å². The monoisotopic (exact) mass is 384 g/mol. The van der Waals surface area contributed by atoms with Crippen LogP contribution in [0.5, 0.6) is 0 Å². The maximum absolute atomic E-state index is 12.1. The van der Waals surface area contributed by atoms with Gasteiger partial charge >= 0.3 is 0 Å². The second kappa shape index (κ2) is 9.77. The predicted octanol–water partition coefficient (Wildman–Crippen LogP) is 2.44. The van der Waals surface area contributed by atoms with Crippen LogP contribution >= 0.6 is 24.0 Å². The van der Waals surface area contributed by atoms with Gasteiger partial charge in [0.1, 0.15) is 0 Å². The zero-order valence-corrected chi connectivity index (χ0v) is 15.4. The lowest BCUT2D eigenvalue weighted by molar-refractivity contribution is 0.0942.